The average Bonchev–Trinajstić information content (AvgIpc) is 2.48. The van der Waals surface area contributed by atoms with Crippen molar-refractivity contribution >= 4 is 11.8 Å². The predicted octanol–water partition coefficient (Wildman–Crippen LogP) is 2.48. The Balaban J connectivity index is 1.61. The largest absolute Gasteiger partial charge is 0.497 e. The summed E-state index contributed by atoms with van der Waals surface area (Å²) in [6.45, 7) is 0.765. The van der Waals surface area contributed by atoms with Crippen LogP contribution in [-0.2, 0) is 6.42 Å². The van der Waals surface area contributed by atoms with Gasteiger partial charge in [0.25, 0.3) is 0 Å². The molecule has 104 valence electrons. The van der Waals surface area contributed by atoms with Gasteiger partial charge in [-0.1, -0.05) is 6.07 Å². The number of methoxy groups -OCH3 is 1. The normalized spacial score (nSPS) is 26.4. The SMILES string of the molecule is COc1ccc2c(c1)OC[C@H](N[C@H]1CCCSC1)C2. The Morgan fingerprint density at radius 2 is 2.32 bits per heavy atom. The number of ether oxygens (including phenoxy) is 2. The van der Waals surface area contributed by atoms with Gasteiger partial charge in [-0.3, -0.25) is 0 Å². The lowest BCUT2D eigenvalue weighted by Gasteiger charge is -2.31. The Kier molecular flexibility index (Phi) is 4.18. The van der Waals surface area contributed by atoms with Gasteiger partial charge in [0.2, 0.25) is 0 Å². The topological polar surface area (TPSA) is 30.5 Å². The van der Waals surface area contributed by atoms with Crippen molar-refractivity contribution in [3.05, 3.63) is 23.8 Å². The third-order valence-electron chi connectivity index (χ3n) is 3.81. The summed E-state index contributed by atoms with van der Waals surface area (Å²) in [5.74, 6) is 4.41. The van der Waals surface area contributed by atoms with Crippen LogP contribution in [0.2, 0.25) is 0 Å². The Hall–Kier alpha value is -0.870. The molecule has 1 aromatic carbocycles. The average molecular weight is 279 g/mol. The molecule has 0 saturated carbocycles. The molecule has 0 unspecified atom stereocenters. The van der Waals surface area contributed by atoms with E-state index in [1.807, 2.05) is 12.1 Å². The number of nitrogens with one attached hydrogen (secondary N) is 1. The van der Waals surface area contributed by atoms with Crippen molar-refractivity contribution in [1.29, 1.82) is 0 Å². The van der Waals surface area contributed by atoms with Gasteiger partial charge in [0.05, 0.1) is 7.11 Å². The summed E-state index contributed by atoms with van der Waals surface area (Å²) in [5.41, 5.74) is 1.29. The van der Waals surface area contributed by atoms with Crippen LogP contribution in [0.3, 0.4) is 0 Å². The minimum Gasteiger partial charge on any atom is -0.497 e. The molecule has 1 N–H and O–H groups in total. The maximum absolute atomic E-state index is 5.87. The molecule has 0 spiro atoms. The number of fused-ring (bicyclic) bond motifs is 1. The first-order valence-corrected chi connectivity index (χ1v) is 8.14. The number of hydrogen-bond acceptors (Lipinski definition) is 4. The van der Waals surface area contributed by atoms with Gasteiger partial charge in [-0.05, 0) is 36.6 Å². The molecule has 0 aliphatic carbocycles. The van der Waals surface area contributed by atoms with Gasteiger partial charge in [0.1, 0.15) is 18.1 Å². The zero-order valence-corrected chi connectivity index (χ0v) is 12.2. The summed E-state index contributed by atoms with van der Waals surface area (Å²) in [5, 5.41) is 3.75. The number of thioether (sulfide) groups is 1. The van der Waals surface area contributed by atoms with Crippen molar-refractivity contribution in [1.82, 2.24) is 5.32 Å². The molecular formula is C15H21NO2S. The van der Waals surface area contributed by atoms with Gasteiger partial charge in [-0.2, -0.15) is 11.8 Å². The van der Waals surface area contributed by atoms with E-state index in [1.165, 1.54) is 29.9 Å². The Morgan fingerprint density at radius 3 is 3.11 bits per heavy atom. The fourth-order valence-corrected chi connectivity index (χ4v) is 3.88. The molecule has 0 aromatic heterocycles. The van der Waals surface area contributed by atoms with E-state index in [9.17, 15) is 0 Å². The molecule has 0 bridgehead atoms. The van der Waals surface area contributed by atoms with Crippen molar-refractivity contribution in [2.45, 2.75) is 31.3 Å². The quantitative estimate of drug-likeness (QED) is 0.921. The third kappa shape index (κ3) is 3.18. The minimum absolute atomic E-state index is 0.449. The van der Waals surface area contributed by atoms with E-state index in [-0.39, 0.29) is 0 Å². The van der Waals surface area contributed by atoms with Crippen LogP contribution < -0.4 is 14.8 Å². The summed E-state index contributed by atoms with van der Waals surface area (Å²) in [7, 11) is 1.69. The summed E-state index contributed by atoms with van der Waals surface area (Å²) in [6.07, 6.45) is 3.70. The lowest BCUT2D eigenvalue weighted by molar-refractivity contribution is 0.226. The molecule has 3 rings (SSSR count). The van der Waals surface area contributed by atoms with Gasteiger partial charge in [0.15, 0.2) is 0 Å². The predicted molar refractivity (Wildman–Crippen MR) is 79.5 cm³/mol. The van der Waals surface area contributed by atoms with E-state index >= 15 is 0 Å². The highest BCUT2D eigenvalue weighted by atomic mass is 32.2. The summed E-state index contributed by atoms with van der Waals surface area (Å²) in [4.78, 5) is 0. The molecule has 2 aliphatic rings. The Labute approximate surface area is 119 Å². The number of hydrogen-bond donors (Lipinski definition) is 1. The van der Waals surface area contributed by atoms with E-state index in [2.05, 4.69) is 23.1 Å². The van der Waals surface area contributed by atoms with Gasteiger partial charge < -0.3 is 14.8 Å². The number of benzene rings is 1. The molecule has 4 heteroatoms. The van der Waals surface area contributed by atoms with E-state index in [0.29, 0.717) is 12.1 Å². The molecule has 0 amide bonds. The maximum Gasteiger partial charge on any atom is 0.126 e. The molecule has 2 atom stereocenters. The minimum atomic E-state index is 0.449. The van der Waals surface area contributed by atoms with Crippen molar-refractivity contribution in [3.63, 3.8) is 0 Å². The second kappa shape index (κ2) is 6.06. The lowest BCUT2D eigenvalue weighted by Crippen LogP contribution is -2.46. The van der Waals surface area contributed by atoms with Crippen LogP contribution in [-0.4, -0.2) is 37.3 Å². The Morgan fingerprint density at radius 1 is 1.37 bits per heavy atom. The zero-order valence-electron chi connectivity index (χ0n) is 11.4. The monoisotopic (exact) mass is 279 g/mol. The van der Waals surface area contributed by atoms with Crippen LogP contribution in [0.15, 0.2) is 18.2 Å². The van der Waals surface area contributed by atoms with Gasteiger partial charge in [0, 0.05) is 23.9 Å². The molecule has 1 saturated heterocycles. The molecule has 1 fully saturated rings. The maximum atomic E-state index is 5.87. The lowest BCUT2D eigenvalue weighted by atomic mass is 10.0. The van der Waals surface area contributed by atoms with Crippen LogP contribution >= 0.6 is 11.8 Å². The third-order valence-corrected chi connectivity index (χ3v) is 5.03. The highest BCUT2D eigenvalue weighted by molar-refractivity contribution is 7.99. The highest BCUT2D eigenvalue weighted by Gasteiger charge is 2.23. The first-order valence-electron chi connectivity index (χ1n) is 6.98. The molecule has 2 heterocycles. The van der Waals surface area contributed by atoms with Crippen LogP contribution in [0.4, 0.5) is 0 Å². The van der Waals surface area contributed by atoms with Crippen LogP contribution in [0.5, 0.6) is 11.5 Å². The van der Waals surface area contributed by atoms with E-state index in [0.717, 1.165) is 24.5 Å². The first kappa shape index (κ1) is 13.1. The van der Waals surface area contributed by atoms with Gasteiger partial charge >= 0.3 is 0 Å². The van der Waals surface area contributed by atoms with Crippen LogP contribution in [0.1, 0.15) is 18.4 Å². The highest BCUT2D eigenvalue weighted by Crippen LogP contribution is 2.29. The Bertz CT molecular complexity index is 432. The van der Waals surface area contributed by atoms with E-state index in [4.69, 9.17) is 9.47 Å². The standard InChI is InChI=1S/C15H21NO2S/c1-17-14-5-4-11-7-13(9-18-15(11)8-14)16-12-3-2-6-19-10-12/h4-5,8,12-13,16H,2-3,6-7,9-10H2,1H3/t12-,13+/m0/s1. The molecule has 3 nitrogen and oxygen atoms in total. The molecule has 1 aromatic rings. The van der Waals surface area contributed by atoms with Crippen molar-refractivity contribution in [2.24, 2.45) is 0 Å². The summed E-state index contributed by atoms with van der Waals surface area (Å²) < 4.78 is 11.1. The second-order valence-electron chi connectivity index (χ2n) is 5.27. The van der Waals surface area contributed by atoms with Crippen LogP contribution in [0, 0.1) is 0 Å². The smallest absolute Gasteiger partial charge is 0.126 e. The van der Waals surface area contributed by atoms with Gasteiger partial charge in [-0.15, -0.1) is 0 Å². The van der Waals surface area contributed by atoms with Crippen molar-refractivity contribution in [2.75, 3.05) is 25.2 Å². The zero-order chi connectivity index (χ0) is 13.1. The van der Waals surface area contributed by atoms with Crippen molar-refractivity contribution in [3.8, 4) is 11.5 Å². The molecule has 2 aliphatic heterocycles. The van der Waals surface area contributed by atoms with Crippen molar-refractivity contribution < 1.29 is 9.47 Å². The second-order valence-corrected chi connectivity index (χ2v) is 6.42. The fraction of sp³-hybridized carbons (Fsp3) is 0.600. The summed E-state index contributed by atoms with van der Waals surface area (Å²) >= 11 is 2.06. The van der Waals surface area contributed by atoms with Gasteiger partial charge in [-0.25, -0.2) is 0 Å². The summed E-state index contributed by atoms with van der Waals surface area (Å²) in [6, 6.07) is 7.23. The van der Waals surface area contributed by atoms with E-state index < -0.39 is 0 Å². The number of rotatable bonds is 3. The molecule has 0 radical (unpaired) electrons. The first-order chi connectivity index (χ1) is 9.35. The molecular weight excluding hydrogens is 258 g/mol. The fourth-order valence-electron chi connectivity index (χ4n) is 2.79. The van der Waals surface area contributed by atoms with Crippen LogP contribution in [0.25, 0.3) is 0 Å². The van der Waals surface area contributed by atoms with E-state index in [1.54, 1.807) is 7.11 Å². The molecule has 19 heavy (non-hydrogen) atoms.